The summed E-state index contributed by atoms with van der Waals surface area (Å²) in [4.78, 5) is 85.9. The molecule has 0 radical (unpaired) electrons. The number of hydrogen-bond donors (Lipinski definition) is 2. The van der Waals surface area contributed by atoms with Gasteiger partial charge in [0.15, 0.2) is 0 Å². The first-order valence-corrected chi connectivity index (χ1v) is 17.4. The van der Waals surface area contributed by atoms with Crippen molar-refractivity contribution in [3.8, 4) is 0 Å². The third-order valence-corrected chi connectivity index (χ3v) is 9.85. The minimum Gasteiger partial charge on any atom is -0.459 e. The fourth-order valence-corrected chi connectivity index (χ4v) is 7.06. The van der Waals surface area contributed by atoms with Gasteiger partial charge in [0, 0.05) is 53.5 Å². The molecular formula is C35H33N5O14S. The number of hydrogen-bond acceptors (Lipinski definition) is 15. The summed E-state index contributed by atoms with van der Waals surface area (Å²) in [5, 5.41) is 46.1. The first-order chi connectivity index (χ1) is 26.0. The zero-order chi connectivity index (χ0) is 40.0. The van der Waals surface area contributed by atoms with E-state index < -0.39 is 62.3 Å². The molecule has 0 spiro atoms. The van der Waals surface area contributed by atoms with Crippen LogP contribution in [0.15, 0.2) is 83.4 Å². The molecule has 2 N–H and O–H groups in total. The van der Waals surface area contributed by atoms with Gasteiger partial charge in [-0.25, -0.2) is 14.4 Å². The summed E-state index contributed by atoms with van der Waals surface area (Å²) in [5.41, 5.74) is -0.824. The minimum atomic E-state index is -1.44. The van der Waals surface area contributed by atoms with E-state index in [9.17, 15) is 54.6 Å². The lowest BCUT2D eigenvalue weighted by atomic mass is 9.76. The molecule has 55 heavy (non-hydrogen) atoms. The third-order valence-electron chi connectivity index (χ3n) is 8.64. The van der Waals surface area contributed by atoms with Gasteiger partial charge < -0.3 is 29.5 Å². The number of benzene rings is 3. The van der Waals surface area contributed by atoms with Crippen molar-refractivity contribution in [3.63, 3.8) is 0 Å². The number of nitro groups is 3. The summed E-state index contributed by atoms with van der Waals surface area (Å²) >= 11 is 0.952. The van der Waals surface area contributed by atoms with Gasteiger partial charge >= 0.3 is 18.0 Å². The maximum absolute atomic E-state index is 13.5. The van der Waals surface area contributed by atoms with Gasteiger partial charge in [-0.2, -0.15) is 0 Å². The van der Waals surface area contributed by atoms with E-state index in [0.717, 1.165) is 11.8 Å². The zero-order valence-electron chi connectivity index (χ0n) is 29.1. The Morgan fingerprint density at radius 2 is 1.24 bits per heavy atom. The third kappa shape index (κ3) is 9.58. The molecule has 2 aliphatic heterocycles. The monoisotopic (exact) mass is 779 g/mol. The standard InChI is InChI=1S/C35H33N5O14S/c1-35(2,45)29-27-15-28(30(37(27)31(29)41)33(43)53-17-21-5-11-24(12-6-21)39(48)49)55-19-26(32(42)52-16-20-3-9-23(10-4-20)38(46)47)36-34(44)54-18-22-7-13-25(14-8-22)40(50)51/h3-14,26-27,29,45H,15-19H2,1-2H3,(H,36,44)/t26?,27-,29-/m0/s1. The number of nitrogens with one attached hydrogen (secondary N) is 1. The molecule has 3 aromatic carbocycles. The van der Waals surface area contributed by atoms with E-state index in [1.165, 1.54) is 91.5 Å². The second-order valence-corrected chi connectivity index (χ2v) is 14.0. The Balaban J connectivity index is 1.33. The van der Waals surface area contributed by atoms with Gasteiger partial charge in [0.2, 0.25) is 5.91 Å². The molecule has 2 heterocycles. The number of ether oxygens (including phenoxy) is 3. The van der Waals surface area contributed by atoms with Crippen LogP contribution in [-0.2, 0) is 48.4 Å². The second kappa shape index (κ2) is 16.7. The highest BCUT2D eigenvalue weighted by atomic mass is 32.2. The molecule has 1 unspecified atom stereocenters. The van der Waals surface area contributed by atoms with Crippen molar-refractivity contribution in [2.75, 3.05) is 5.75 Å². The van der Waals surface area contributed by atoms with Crippen molar-refractivity contribution in [1.29, 1.82) is 0 Å². The van der Waals surface area contributed by atoms with Crippen LogP contribution in [0.3, 0.4) is 0 Å². The molecule has 0 saturated carbocycles. The van der Waals surface area contributed by atoms with E-state index >= 15 is 0 Å². The molecule has 1 saturated heterocycles. The van der Waals surface area contributed by atoms with Crippen LogP contribution in [0.25, 0.3) is 0 Å². The highest BCUT2D eigenvalue weighted by Gasteiger charge is 2.60. The lowest BCUT2D eigenvalue weighted by Gasteiger charge is -2.48. The Bertz CT molecular complexity index is 2030. The molecule has 19 nitrogen and oxygen atoms in total. The van der Waals surface area contributed by atoms with E-state index in [2.05, 4.69) is 5.32 Å². The highest BCUT2D eigenvalue weighted by Crippen LogP contribution is 2.49. The lowest BCUT2D eigenvalue weighted by molar-refractivity contribution is -0.385. The highest BCUT2D eigenvalue weighted by molar-refractivity contribution is 8.03. The minimum absolute atomic E-state index is 0.0994. The summed E-state index contributed by atoms with van der Waals surface area (Å²) in [7, 11) is 0. The normalized spacial score (nSPS) is 16.7. The largest absolute Gasteiger partial charge is 0.459 e. The molecule has 2 amide bonds. The first kappa shape index (κ1) is 39.8. The topological polar surface area (TPSA) is 261 Å². The maximum Gasteiger partial charge on any atom is 0.408 e. The number of nitrogens with zero attached hydrogens (tertiary/aromatic N) is 4. The Kier molecular flexibility index (Phi) is 12.1. The average molecular weight is 780 g/mol. The predicted molar refractivity (Wildman–Crippen MR) is 191 cm³/mol. The molecule has 0 aliphatic carbocycles. The number of non-ortho nitro benzene ring substituents is 3. The van der Waals surface area contributed by atoms with E-state index in [4.69, 9.17) is 14.2 Å². The number of carbonyl (C=O) groups is 4. The maximum atomic E-state index is 13.5. The second-order valence-electron chi connectivity index (χ2n) is 12.9. The van der Waals surface area contributed by atoms with Crippen LogP contribution < -0.4 is 5.32 Å². The summed E-state index contributed by atoms with van der Waals surface area (Å²) in [6.07, 6.45) is -0.956. The van der Waals surface area contributed by atoms with Crippen LogP contribution in [0.5, 0.6) is 0 Å². The van der Waals surface area contributed by atoms with E-state index in [1.54, 1.807) is 0 Å². The van der Waals surface area contributed by atoms with Crippen molar-refractivity contribution < 1.29 is 53.3 Å². The number of aliphatic hydroxyl groups is 1. The van der Waals surface area contributed by atoms with Crippen molar-refractivity contribution >= 4 is 52.8 Å². The van der Waals surface area contributed by atoms with E-state index in [-0.39, 0.29) is 54.8 Å². The number of esters is 2. The fraction of sp³-hybridized carbons (Fsp3) is 0.314. The molecule has 0 aromatic heterocycles. The molecule has 5 rings (SSSR count). The van der Waals surface area contributed by atoms with Gasteiger partial charge in [-0.1, -0.05) is 0 Å². The molecule has 2 aliphatic rings. The number of amides is 2. The van der Waals surface area contributed by atoms with E-state index in [1.807, 2.05) is 0 Å². The molecule has 1 fully saturated rings. The van der Waals surface area contributed by atoms with Gasteiger partial charge in [-0.05, 0) is 66.9 Å². The van der Waals surface area contributed by atoms with E-state index in [0.29, 0.717) is 21.6 Å². The van der Waals surface area contributed by atoms with Crippen molar-refractivity contribution in [2.24, 2.45) is 5.92 Å². The van der Waals surface area contributed by atoms with Crippen molar-refractivity contribution in [3.05, 3.63) is 130 Å². The van der Waals surface area contributed by atoms with Crippen molar-refractivity contribution in [2.45, 2.75) is 57.8 Å². The number of alkyl carbamates (subject to hydrolysis) is 1. The van der Waals surface area contributed by atoms with Crippen LogP contribution in [0, 0.1) is 36.3 Å². The Hall–Kier alpha value is -6.41. The number of thioether (sulfide) groups is 1. The SMILES string of the molecule is CC(C)(O)[C@@H]1C(=O)N2C(C(=O)OCc3ccc([N+](=O)[O-])cc3)=C(SCC(NC(=O)OCc3ccc([N+](=O)[O-])cc3)C(=O)OCc3ccc([N+](=O)[O-])cc3)C[C@@H]12. The van der Waals surface area contributed by atoms with Crippen molar-refractivity contribution in [1.82, 2.24) is 10.2 Å². The van der Waals surface area contributed by atoms with Gasteiger partial charge in [0.25, 0.3) is 17.1 Å². The summed E-state index contributed by atoms with van der Waals surface area (Å²) < 4.78 is 16.1. The van der Waals surface area contributed by atoms with Crippen LogP contribution >= 0.6 is 11.8 Å². The number of β-lactam (4-membered cyclic amide) rings is 1. The number of rotatable bonds is 16. The molecule has 0 bridgehead atoms. The first-order valence-electron chi connectivity index (χ1n) is 16.4. The van der Waals surface area contributed by atoms with Gasteiger partial charge in [-0.3, -0.25) is 35.1 Å². The van der Waals surface area contributed by atoms with Gasteiger partial charge in [0.05, 0.1) is 32.3 Å². The van der Waals surface area contributed by atoms with Gasteiger partial charge in [0.1, 0.15) is 31.6 Å². The smallest absolute Gasteiger partial charge is 0.408 e. The lowest BCUT2D eigenvalue weighted by Crippen LogP contribution is -2.65. The van der Waals surface area contributed by atoms with Crippen LogP contribution in [0.2, 0.25) is 0 Å². The molecular weight excluding hydrogens is 746 g/mol. The van der Waals surface area contributed by atoms with Crippen LogP contribution in [0.1, 0.15) is 37.0 Å². The summed E-state index contributed by atoms with van der Waals surface area (Å²) in [6, 6.07) is 13.7. The Labute approximate surface area is 315 Å². The molecule has 288 valence electrons. The van der Waals surface area contributed by atoms with Crippen LogP contribution in [-0.4, -0.2) is 72.2 Å². The number of fused-ring (bicyclic) bond motifs is 1. The predicted octanol–water partition coefficient (Wildman–Crippen LogP) is 4.44. The fourth-order valence-electron chi connectivity index (χ4n) is 5.86. The zero-order valence-corrected chi connectivity index (χ0v) is 30.0. The number of carbonyl (C=O) groups excluding carboxylic acids is 4. The molecule has 20 heteroatoms. The Morgan fingerprint density at radius 3 is 1.67 bits per heavy atom. The summed E-state index contributed by atoms with van der Waals surface area (Å²) in [5.74, 6) is -3.48. The van der Waals surface area contributed by atoms with Crippen LogP contribution in [0.4, 0.5) is 21.9 Å². The quantitative estimate of drug-likeness (QED) is 0.0669. The molecule has 3 atom stereocenters. The number of nitro benzene ring substituents is 3. The van der Waals surface area contributed by atoms with Gasteiger partial charge in [-0.15, -0.1) is 11.8 Å². The molecule has 3 aromatic rings. The Morgan fingerprint density at radius 1 is 0.800 bits per heavy atom. The summed E-state index contributed by atoms with van der Waals surface area (Å²) in [6.45, 7) is 2.01. The average Bonchev–Trinajstić information content (AvgIpc) is 3.46.